The van der Waals surface area contributed by atoms with E-state index in [2.05, 4.69) is 9.98 Å². The number of carbonyl (C=O) groups excluding carboxylic acids is 1. The molecule has 17 heavy (non-hydrogen) atoms. The average molecular weight is 228 g/mol. The second kappa shape index (κ2) is 3.44. The lowest BCUT2D eigenvalue weighted by atomic mass is 10.2. The van der Waals surface area contributed by atoms with E-state index in [4.69, 9.17) is 10.5 Å². The molecule has 0 bridgehead atoms. The number of aliphatic imine (C=N–C) groups is 1. The third kappa shape index (κ3) is 1.46. The predicted molar refractivity (Wildman–Crippen MR) is 61.6 cm³/mol. The maximum atomic E-state index is 11.0. The predicted octanol–water partition coefficient (Wildman–Crippen LogP) is 0.776. The Balaban J connectivity index is 2.08. The number of hydrogen-bond acceptors (Lipinski definition) is 5. The fourth-order valence-electron chi connectivity index (χ4n) is 1.64. The molecular weight excluding hydrogens is 220 g/mol. The normalized spacial score (nSPS) is 15.8. The SMILES string of the molecule is NC(=O)c1ccc2c(n1)OC=C1C=NC=CN12. The fraction of sp³-hybridized carbons (Fsp3) is 0. The number of anilines is 1. The maximum Gasteiger partial charge on any atom is 0.267 e. The number of primary amides is 1. The van der Waals surface area contributed by atoms with E-state index < -0.39 is 5.91 Å². The summed E-state index contributed by atoms with van der Waals surface area (Å²) in [6.07, 6.45) is 6.64. The monoisotopic (exact) mass is 228 g/mol. The summed E-state index contributed by atoms with van der Waals surface area (Å²) in [4.78, 5) is 20.9. The molecule has 6 heteroatoms. The highest BCUT2D eigenvalue weighted by molar-refractivity contribution is 5.93. The first-order valence-electron chi connectivity index (χ1n) is 4.92. The summed E-state index contributed by atoms with van der Waals surface area (Å²) >= 11 is 0. The summed E-state index contributed by atoms with van der Waals surface area (Å²) in [5, 5.41) is 0. The van der Waals surface area contributed by atoms with Gasteiger partial charge in [0.2, 0.25) is 5.88 Å². The molecule has 0 spiro atoms. The van der Waals surface area contributed by atoms with Crippen molar-refractivity contribution in [2.45, 2.75) is 0 Å². The minimum absolute atomic E-state index is 0.176. The van der Waals surface area contributed by atoms with Gasteiger partial charge in [0.1, 0.15) is 17.6 Å². The van der Waals surface area contributed by atoms with Gasteiger partial charge in [-0.05, 0) is 12.1 Å². The van der Waals surface area contributed by atoms with E-state index >= 15 is 0 Å². The van der Waals surface area contributed by atoms with Crippen LogP contribution < -0.4 is 15.4 Å². The van der Waals surface area contributed by atoms with Crippen molar-refractivity contribution in [1.29, 1.82) is 0 Å². The van der Waals surface area contributed by atoms with Gasteiger partial charge in [-0.3, -0.25) is 9.79 Å². The van der Waals surface area contributed by atoms with Gasteiger partial charge in [0.15, 0.2) is 0 Å². The summed E-state index contributed by atoms with van der Waals surface area (Å²) in [6, 6.07) is 3.30. The zero-order chi connectivity index (χ0) is 11.8. The number of amides is 1. The first-order chi connectivity index (χ1) is 8.25. The molecule has 1 amide bonds. The summed E-state index contributed by atoms with van der Waals surface area (Å²) < 4.78 is 5.34. The van der Waals surface area contributed by atoms with Gasteiger partial charge < -0.3 is 15.4 Å². The Morgan fingerprint density at radius 2 is 2.29 bits per heavy atom. The second-order valence-electron chi connectivity index (χ2n) is 3.49. The van der Waals surface area contributed by atoms with Crippen LogP contribution in [0, 0.1) is 0 Å². The Bertz CT molecular complexity index is 589. The van der Waals surface area contributed by atoms with Crippen molar-refractivity contribution in [2.24, 2.45) is 10.7 Å². The van der Waals surface area contributed by atoms with Gasteiger partial charge >= 0.3 is 0 Å². The highest BCUT2D eigenvalue weighted by Crippen LogP contribution is 2.33. The van der Waals surface area contributed by atoms with Gasteiger partial charge in [0.05, 0.1) is 11.9 Å². The zero-order valence-electron chi connectivity index (χ0n) is 8.70. The molecule has 0 aliphatic carbocycles. The van der Waals surface area contributed by atoms with Crippen LogP contribution in [0.25, 0.3) is 0 Å². The molecule has 1 aromatic rings. The molecule has 0 atom stereocenters. The first-order valence-corrected chi connectivity index (χ1v) is 4.92. The van der Waals surface area contributed by atoms with E-state index in [9.17, 15) is 4.79 Å². The summed E-state index contributed by atoms with van der Waals surface area (Å²) in [5.74, 6) is -0.230. The molecule has 0 saturated heterocycles. The van der Waals surface area contributed by atoms with Crippen molar-refractivity contribution in [3.63, 3.8) is 0 Å². The van der Waals surface area contributed by atoms with Gasteiger partial charge in [0, 0.05) is 12.4 Å². The molecule has 2 aliphatic heterocycles. The van der Waals surface area contributed by atoms with E-state index in [1.807, 2.05) is 4.90 Å². The van der Waals surface area contributed by atoms with Crippen LogP contribution in [-0.4, -0.2) is 17.1 Å². The molecule has 0 unspecified atom stereocenters. The van der Waals surface area contributed by atoms with E-state index in [1.165, 1.54) is 6.26 Å². The number of allylic oxidation sites excluding steroid dienone is 1. The third-order valence-corrected chi connectivity index (χ3v) is 2.43. The fourth-order valence-corrected chi connectivity index (χ4v) is 1.64. The quantitative estimate of drug-likeness (QED) is 0.770. The van der Waals surface area contributed by atoms with Gasteiger partial charge in [-0.15, -0.1) is 0 Å². The highest BCUT2D eigenvalue weighted by Gasteiger charge is 2.22. The van der Waals surface area contributed by atoms with Crippen molar-refractivity contribution in [3.8, 4) is 5.88 Å². The maximum absolute atomic E-state index is 11.0. The van der Waals surface area contributed by atoms with Crippen LogP contribution >= 0.6 is 0 Å². The molecule has 0 aromatic carbocycles. The Hall–Kier alpha value is -2.63. The van der Waals surface area contributed by atoms with E-state index in [0.717, 1.165) is 11.4 Å². The number of pyridine rings is 1. The van der Waals surface area contributed by atoms with Gasteiger partial charge in [-0.25, -0.2) is 4.98 Å². The van der Waals surface area contributed by atoms with E-state index in [-0.39, 0.29) is 5.69 Å². The van der Waals surface area contributed by atoms with Crippen LogP contribution in [0.2, 0.25) is 0 Å². The standard InChI is InChI=1S/C11H8N4O2/c12-10(16)8-1-2-9-11(14-8)17-6-7-5-13-3-4-15(7)9/h1-6H,(H2,12,16). The molecule has 3 rings (SSSR count). The van der Waals surface area contributed by atoms with Crippen LogP contribution in [0.4, 0.5) is 5.69 Å². The number of nitrogens with two attached hydrogens (primary N) is 1. The Morgan fingerprint density at radius 1 is 1.41 bits per heavy atom. The molecule has 84 valence electrons. The zero-order valence-corrected chi connectivity index (χ0v) is 8.70. The number of fused-ring (bicyclic) bond motifs is 3. The minimum atomic E-state index is -0.582. The number of hydrogen-bond donors (Lipinski definition) is 1. The third-order valence-electron chi connectivity index (χ3n) is 2.43. The number of carbonyl (C=O) groups is 1. The van der Waals surface area contributed by atoms with Crippen LogP contribution in [0.3, 0.4) is 0 Å². The van der Waals surface area contributed by atoms with Gasteiger partial charge in [-0.2, -0.15) is 0 Å². The van der Waals surface area contributed by atoms with Crippen LogP contribution in [0.15, 0.2) is 41.5 Å². The van der Waals surface area contributed by atoms with Crippen LogP contribution in [0.1, 0.15) is 10.5 Å². The number of ether oxygens (including phenoxy) is 1. The Labute approximate surface area is 96.7 Å². The molecule has 3 heterocycles. The summed E-state index contributed by atoms with van der Waals surface area (Å²) in [6.45, 7) is 0. The lowest BCUT2D eigenvalue weighted by Crippen LogP contribution is -2.24. The molecule has 2 aliphatic rings. The summed E-state index contributed by atoms with van der Waals surface area (Å²) in [5.41, 5.74) is 6.88. The largest absolute Gasteiger partial charge is 0.443 e. The highest BCUT2D eigenvalue weighted by atomic mass is 16.5. The molecular formula is C11H8N4O2. The van der Waals surface area contributed by atoms with Gasteiger partial charge in [-0.1, -0.05) is 0 Å². The Morgan fingerprint density at radius 3 is 3.12 bits per heavy atom. The topological polar surface area (TPSA) is 80.8 Å². The van der Waals surface area contributed by atoms with Crippen LogP contribution in [0.5, 0.6) is 5.88 Å². The average Bonchev–Trinajstić information content (AvgIpc) is 2.38. The van der Waals surface area contributed by atoms with Crippen molar-refractivity contribution in [3.05, 3.63) is 42.2 Å². The van der Waals surface area contributed by atoms with Crippen molar-refractivity contribution < 1.29 is 9.53 Å². The molecule has 0 fully saturated rings. The molecule has 0 saturated carbocycles. The number of rotatable bonds is 1. The van der Waals surface area contributed by atoms with Crippen LogP contribution in [-0.2, 0) is 0 Å². The molecule has 2 N–H and O–H groups in total. The van der Waals surface area contributed by atoms with Crippen molar-refractivity contribution >= 4 is 17.8 Å². The lowest BCUT2D eigenvalue weighted by molar-refractivity contribution is 0.0995. The number of nitrogens with zero attached hydrogens (tertiary/aromatic N) is 3. The molecule has 0 radical (unpaired) electrons. The van der Waals surface area contributed by atoms with Crippen molar-refractivity contribution in [1.82, 2.24) is 4.98 Å². The second-order valence-corrected chi connectivity index (χ2v) is 3.49. The lowest BCUT2D eigenvalue weighted by Gasteiger charge is -2.27. The first kappa shape index (κ1) is 9.59. The summed E-state index contributed by atoms with van der Waals surface area (Å²) in [7, 11) is 0. The van der Waals surface area contributed by atoms with Gasteiger partial charge in [0.25, 0.3) is 5.91 Å². The Kier molecular flexibility index (Phi) is 1.94. The smallest absolute Gasteiger partial charge is 0.267 e. The van der Waals surface area contributed by atoms with Crippen molar-refractivity contribution in [2.75, 3.05) is 4.90 Å². The minimum Gasteiger partial charge on any atom is -0.443 e. The van der Waals surface area contributed by atoms with E-state index in [1.54, 1.807) is 30.7 Å². The van der Waals surface area contributed by atoms with E-state index in [0.29, 0.717) is 5.88 Å². The molecule has 1 aromatic heterocycles. The number of aromatic nitrogens is 1. The molecule has 6 nitrogen and oxygen atoms in total.